The number of benzene rings is 1. The summed E-state index contributed by atoms with van der Waals surface area (Å²) >= 11 is 6.47. The van der Waals surface area contributed by atoms with E-state index in [-0.39, 0.29) is 17.9 Å². The van der Waals surface area contributed by atoms with Gasteiger partial charge in [-0.3, -0.25) is 14.9 Å². The lowest BCUT2D eigenvalue weighted by Gasteiger charge is -2.34. The average molecular weight is 350 g/mol. The minimum Gasteiger partial charge on any atom is -0.374 e. The molecule has 2 saturated heterocycles. The van der Waals surface area contributed by atoms with Gasteiger partial charge in [0.05, 0.1) is 10.7 Å². The number of halogens is 1. The Morgan fingerprint density at radius 3 is 2.62 bits per heavy atom. The molecule has 3 rings (SSSR count). The van der Waals surface area contributed by atoms with Crippen molar-refractivity contribution in [2.75, 3.05) is 23.3 Å². The number of imide groups is 1. The summed E-state index contributed by atoms with van der Waals surface area (Å²) in [6.07, 6.45) is 4.54. The van der Waals surface area contributed by atoms with Crippen molar-refractivity contribution in [2.45, 2.75) is 45.1 Å². The van der Waals surface area contributed by atoms with Gasteiger partial charge >= 0.3 is 0 Å². The van der Waals surface area contributed by atoms with Crippen molar-refractivity contribution in [3.05, 3.63) is 23.2 Å². The predicted molar refractivity (Wildman–Crippen MR) is 96.5 cm³/mol. The lowest BCUT2D eigenvalue weighted by molar-refractivity contribution is -0.133. The lowest BCUT2D eigenvalue weighted by atomic mass is 9.94. The summed E-state index contributed by atoms with van der Waals surface area (Å²) in [5.74, 6) is 0.350. The molecule has 2 fully saturated rings. The van der Waals surface area contributed by atoms with Gasteiger partial charge in [-0.25, -0.2) is 0 Å². The SMILES string of the molecule is CCC1CCN(c2ccc(NC3CCC(=O)NC3=O)cc2Cl)CC1. The van der Waals surface area contributed by atoms with Crippen molar-refractivity contribution in [3.8, 4) is 0 Å². The van der Waals surface area contributed by atoms with Gasteiger partial charge < -0.3 is 10.2 Å². The molecule has 1 atom stereocenters. The Hall–Kier alpha value is -1.75. The molecule has 0 aromatic heterocycles. The van der Waals surface area contributed by atoms with E-state index in [0.717, 1.165) is 30.4 Å². The molecule has 1 aromatic rings. The minimum absolute atomic E-state index is 0.207. The van der Waals surface area contributed by atoms with Crippen LogP contribution in [0.5, 0.6) is 0 Å². The van der Waals surface area contributed by atoms with E-state index >= 15 is 0 Å². The molecule has 2 amide bonds. The van der Waals surface area contributed by atoms with Crippen LogP contribution in [0.3, 0.4) is 0 Å². The van der Waals surface area contributed by atoms with E-state index < -0.39 is 0 Å². The first kappa shape index (κ1) is 17.1. The van der Waals surface area contributed by atoms with Crippen molar-refractivity contribution in [1.29, 1.82) is 0 Å². The summed E-state index contributed by atoms with van der Waals surface area (Å²) in [7, 11) is 0. The van der Waals surface area contributed by atoms with Crippen LogP contribution in [0.2, 0.25) is 5.02 Å². The second kappa shape index (κ2) is 7.43. The van der Waals surface area contributed by atoms with Crippen LogP contribution in [0.25, 0.3) is 0 Å². The van der Waals surface area contributed by atoms with Gasteiger partial charge in [-0.15, -0.1) is 0 Å². The molecular formula is C18H24ClN3O2. The molecule has 0 radical (unpaired) electrons. The van der Waals surface area contributed by atoms with Gasteiger partial charge in [0.2, 0.25) is 11.8 Å². The lowest BCUT2D eigenvalue weighted by Crippen LogP contribution is -2.47. The first-order valence-electron chi connectivity index (χ1n) is 8.71. The Kier molecular flexibility index (Phi) is 5.29. The van der Waals surface area contributed by atoms with E-state index in [4.69, 9.17) is 11.6 Å². The highest BCUT2D eigenvalue weighted by Crippen LogP contribution is 2.32. The Balaban J connectivity index is 1.64. The molecule has 1 aromatic carbocycles. The number of nitrogens with one attached hydrogen (secondary N) is 2. The summed E-state index contributed by atoms with van der Waals surface area (Å²) < 4.78 is 0. The van der Waals surface area contributed by atoms with Crippen LogP contribution >= 0.6 is 11.6 Å². The van der Waals surface area contributed by atoms with Crippen LogP contribution in [0, 0.1) is 5.92 Å². The number of hydrogen-bond acceptors (Lipinski definition) is 4. The molecular weight excluding hydrogens is 326 g/mol. The number of anilines is 2. The van der Waals surface area contributed by atoms with Gasteiger partial charge in [0.15, 0.2) is 0 Å². The highest BCUT2D eigenvalue weighted by atomic mass is 35.5. The van der Waals surface area contributed by atoms with Gasteiger partial charge in [0, 0.05) is 25.2 Å². The maximum Gasteiger partial charge on any atom is 0.249 e. The second-order valence-corrected chi connectivity index (χ2v) is 7.06. The zero-order chi connectivity index (χ0) is 17.1. The quantitative estimate of drug-likeness (QED) is 0.819. The van der Waals surface area contributed by atoms with Gasteiger partial charge in [-0.05, 0) is 43.4 Å². The number of nitrogens with zero attached hydrogens (tertiary/aromatic N) is 1. The third kappa shape index (κ3) is 3.83. The molecule has 5 nitrogen and oxygen atoms in total. The minimum atomic E-state index is -0.384. The molecule has 2 heterocycles. The summed E-state index contributed by atoms with van der Waals surface area (Å²) in [4.78, 5) is 25.4. The maximum atomic E-state index is 11.8. The molecule has 6 heteroatoms. The zero-order valence-electron chi connectivity index (χ0n) is 14.0. The highest BCUT2D eigenvalue weighted by molar-refractivity contribution is 6.33. The summed E-state index contributed by atoms with van der Waals surface area (Å²) in [5, 5.41) is 6.22. The fourth-order valence-electron chi connectivity index (χ4n) is 3.47. The largest absolute Gasteiger partial charge is 0.374 e. The van der Waals surface area contributed by atoms with E-state index in [2.05, 4.69) is 22.5 Å². The van der Waals surface area contributed by atoms with Crippen LogP contribution in [-0.4, -0.2) is 30.9 Å². The Morgan fingerprint density at radius 2 is 2.00 bits per heavy atom. The monoisotopic (exact) mass is 349 g/mol. The van der Waals surface area contributed by atoms with E-state index in [1.54, 1.807) is 0 Å². The number of carbonyl (C=O) groups excluding carboxylic acids is 2. The summed E-state index contributed by atoms with van der Waals surface area (Å²) in [5.41, 5.74) is 1.86. The normalized spacial score (nSPS) is 22.4. The number of carbonyl (C=O) groups is 2. The van der Waals surface area contributed by atoms with Crippen molar-refractivity contribution in [2.24, 2.45) is 5.92 Å². The average Bonchev–Trinajstić information content (AvgIpc) is 2.58. The Labute approximate surface area is 147 Å². The molecule has 0 aliphatic carbocycles. The third-order valence-electron chi connectivity index (χ3n) is 5.06. The molecule has 0 saturated carbocycles. The first-order chi connectivity index (χ1) is 11.6. The number of piperidine rings is 2. The number of rotatable bonds is 4. The van der Waals surface area contributed by atoms with Gasteiger partial charge in [-0.2, -0.15) is 0 Å². The van der Waals surface area contributed by atoms with Gasteiger partial charge in [0.1, 0.15) is 6.04 Å². The van der Waals surface area contributed by atoms with Crippen molar-refractivity contribution >= 4 is 34.8 Å². The van der Waals surface area contributed by atoms with Gasteiger partial charge in [-0.1, -0.05) is 24.9 Å². The molecule has 0 bridgehead atoms. The van der Waals surface area contributed by atoms with Crippen LogP contribution in [0.1, 0.15) is 39.0 Å². The molecule has 130 valence electrons. The third-order valence-corrected chi connectivity index (χ3v) is 5.36. The van der Waals surface area contributed by atoms with Crippen LogP contribution < -0.4 is 15.5 Å². The van der Waals surface area contributed by atoms with Crippen LogP contribution in [-0.2, 0) is 9.59 Å². The fraction of sp³-hybridized carbons (Fsp3) is 0.556. The Morgan fingerprint density at radius 1 is 1.25 bits per heavy atom. The summed E-state index contributed by atoms with van der Waals surface area (Å²) in [6, 6.07) is 5.46. The predicted octanol–water partition coefficient (Wildman–Crippen LogP) is 3.18. The fourth-order valence-corrected chi connectivity index (χ4v) is 3.77. The molecule has 1 unspecified atom stereocenters. The van der Waals surface area contributed by atoms with E-state index in [1.807, 2.05) is 18.2 Å². The molecule has 2 aliphatic heterocycles. The number of hydrogen-bond donors (Lipinski definition) is 2. The molecule has 2 aliphatic rings. The standard InChI is InChI=1S/C18H24ClN3O2/c1-2-12-7-9-22(10-8-12)16-5-3-13(11-14(16)19)20-15-4-6-17(23)21-18(15)24/h3,5,11-12,15,20H,2,4,6-10H2,1H3,(H,21,23,24). The van der Waals surface area contributed by atoms with E-state index in [9.17, 15) is 9.59 Å². The van der Waals surface area contributed by atoms with E-state index in [0.29, 0.717) is 17.9 Å². The van der Waals surface area contributed by atoms with Crippen molar-refractivity contribution < 1.29 is 9.59 Å². The molecule has 24 heavy (non-hydrogen) atoms. The van der Waals surface area contributed by atoms with Crippen LogP contribution in [0.4, 0.5) is 11.4 Å². The Bertz CT molecular complexity index is 627. The van der Waals surface area contributed by atoms with Crippen LogP contribution in [0.15, 0.2) is 18.2 Å². The zero-order valence-corrected chi connectivity index (χ0v) is 14.7. The first-order valence-corrected chi connectivity index (χ1v) is 9.09. The van der Waals surface area contributed by atoms with Gasteiger partial charge in [0.25, 0.3) is 0 Å². The second-order valence-electron chi connectivity index (χ2n) is 6.65. The molecule has 2 N–H and O–H groups in total. The van der Waals surface area contributed by atoms with Crippen molar-refractivity contribution in [3.63, 3.8) is 0 Å². The summed E-state index contributed by atoms with van der Waals surface area (Å²) in [6.45, 7) is 4.33. The highest BCUT2D eigenvalue weighted by Gasteiger charge is 2.26. The smallest absolute Gasteiger partial charge is 0.249 e. The number of amides is 2. The van der Waals surface area contributed by atoms with Crippen molar-refractivity contribution in [1.82, 2.24) is 5.32 Å². The molecule has 0 spiro atoms. The van der Waals surface area contributed by atoms with E-state index in [1.165, 1.54) is 19.3 Å². The topological polar surface area (TPSA) is 61.4 Å². The maximum absolute atomic E-state index is 11.8.